The highest BCUT2D eigenvalue weighted by Gasteiger charge is 2.81. The van der Waals surface area contributed by atoms with Gasteiger partial charge in [-0.05, 0) is 97.3 Å². The fourth-order valence-corrected chi connectivity index (χ4v) is 10.9. The highest BCUT2D eigenvalue weighted by atomic mass is 16.6. The third-order valence-electron chi connectivity index (χ3n) is 12.6. The first kappa shape index (κ1) is 23.8. The average Bonchev–Trinajstić information content (AvgIpc) is 3.64. The maximum absolute atomic E-state index is 11.1. The predicted octanol–water partition coefficient (Wildman–Crippen LogP) is 6.87. The third-order valence-corrected chi connectivity index (χ3v) is 12.6. The van der Waals surface area contributed by atoms with Crippen LogP contribution >= 0.6 is 0 Å². The van der Waals surface area contributed by atoms with Gasteiger partial charge in [-0.25, -0.2) is 0 Å². The summed E-state index contributed by atoms with van der Waals surface area (Å²) < 4.78 is 20.1. The largest absolute Gasteiger partial charge is 0.504 e. The Morgan fingerprint density at radius 3 is 2.68 bits per heavy atom. The van der Waals surface area contributed by atoms with E-state index in [1.165, 1.54) is 54.4 Å². The number of aromatic hydroxyl groups is 1. The fourth-order valence-electron chi connectivity index (χ4n) is 10.9. The van der Waals surface area contributed by atoms with Crippen LogP contribution in [0.15, 0.2) is 36.4 Å². The molecule has 1 aliphatic heterocycles. The number of hydrogen-bond acceptors (Lipinski definition) is 4. The van der Waals surface area contributed by atoms with Crippen LogP contribution in [0.4, 0.5) is 0 Å². The standard InChI is InChI=1S/C34H42O4/c1-21-6-4-5-7-24(21)19-37-20-25-18-32-13-15-34(25,36-3)30-33(32)14-12-31(2,17-22-8-9-22)27(32)16-23-10-11-26(35)29(38-30)28(23)33/h4-7,10-11,22,25,27,30,35H,8-9,12-20H2,1-3H3/t25-,27+,30-,31?,32-,33+,34-/m1/s1. The molecule has 7 aliphatic rings. The molecular formula is C34H42O4. The minimum atomic E-state index is -0.387. The van der Waals surface area contributed by atoms with Gasteiger partial charge in [-0.3, -0.25) is 0 Å². The zero-order valence-electron chi connectivity index (χ0n) is 23.2. The molecule has 4 heteroatoms. The van der Waals surface area contributed by atoms with E-state index in [1.807, 2.05) is 13.2 Å². The molecule has 2 aromatic carbocycles. The number of ether oxygens (including phenoxy) is 3. The molecule has 7 atom stereocenters. The van der Waals surface area contributed by atoms with E-state index < -0.39 is 0 Å². The van der Waals surface area contributed by atoms with E-state index in [0.717, 1.165) is 37.4 Å². The molecule has 5 saturated carbocycles. The summed E-state index contributed by atoms with van der Waals surface area (Å²) >= 11 is 0. The summed E-state index contributed by atoms with van der Waals surface area (Å²) in [5.41, 5.74) is 5.45. The van der Waals surface area contributed by atoms with Gasteiger partial charge in [0.2, 0.25) is 0 Å². The van der Waals surface area contributed by atoms with Gasteiger partial charge in [-0.2, -0.15) is 0 Å². The molecule has 0 radical (unpaired) electrons. The summed E-state index contributed by atoms with van der Waals surface area (Å²) in [6.07, 6.45) is 11.1. The topological polar surface area (TPSA) is 47.9 Å². The van der Waals surface area contributed by atoms with Crippen molar-refractivity contribution in [2.24, 2.45) is 28.6 Å². The monoisotopic (exact) mass is 514 g/mol. The van der Waals surface area contributed by atoms with Crippen molar-refractivity contribution in [1.29, 1.82) is 0 Å². The Hall–Kier alpha value is -2.04. The van der Waals surface area contributed by atoms with Crippen LogP contribution in [0.1, 0.15) is 80.5 Å². The van der Waals surface area contributed by atoms with Gasteiger partial charge in [0.1, 0.15) is 11.7 Å². The molecule has 4 nitrogen and oxygen atoms in total. The second-order valence-electron chi connectivity index (χ2n) is 14.1. The Labute approximate surface area is 227 Å². The van der Waals surface area contributed by atoms with Crippen LogP contribution < -0.4 is 4.74 Å². The summed E-state index contributed by atoms with van der Waals surface area (Å²) in [4.78, 5) is 0. The van der Waals surface area contributed by atoms with E-state index in [1.54, 1.807) is 0 Å². The van der Waals surface area contributed by atoms with Crippen LogP contribution in [0.2, 0.25) is 0 Å². The number of phenolic OH excluding ortho intramolecular Hbond substituents is 1. The van der Waals surface area contributed by atoms with Gasteiger partial charge in [-0.15, -0.1) is 0 Å². The lowest BCUT2D eigenvalue weighted by Gasteiger charge is -2.75. The quantitative estimate of drug-likeness (QED) is 0.438. The summed E-state index contributed by atoms with van der Waals surface area (Å²) in [5, 5.41) is 11.1. The smallest absolute Gasteiger partial charge is 0.165 e. The van der Waals surface area contributed by atoms with E-state index in [0.29, 0.717) is 30.3 Å². The molecule has 0 amide bonds. The summed E-state index contributed by atoms with van der Waals surface area (Å²) in [7, 11) is 1.90. The molecule has 6 aliphatic carbocycles. The van der Waals surface area contributed by atoms with Crippen molar-refractivity contribution in [2.75, 3.05) is 13.7 Å². The normalized spacial score (nSPS) is 41.6. The molecule has 4 bridgehead atoms. The van der Waals surface area contributed by atoms with Gasteiger partial charge in [0, 0.05) is 24.0 Å². The number of hydrogen-bond donors (Lipinski definition) is 1. The van der Waals surface area contributed by atoms with Gasteiger partial charge in [0.25, 0.3) is 0 Å². The number of fused-ring (bicyclic) bond motifs is 2. The highest BCUT2D eigenvalue weighted by molar-refractivity contribution is 5.63. The van der Waals surface area contributed by atoms with Crippen molar-refractivity contribution < 1.29 is 19.3 Å². The van der Waals surface area contributed by atoms with Crippen molar-refractivity contribution in [3.05, 3.63) is 58.7 Å². The molecular weight excluding hydrogens is 472 g/mol. The van der Waals surface area contributed by atoms with Gasteiger partial charge >= 0.3 is 0 Å². The lowest BCUT2D eigenvalue weighted by molar-refractivity contribution is -0.294. The second kappa shape index (κ2) is 7.79. The number of benzene rings is 2. The molecule has 2 aromatic rings. The third kappa shape index (κ3) is 2.79. The van der Waals surface area contributed by atoms with Gasteiger partial charge in [0.15, 0.2) is 11.5 Å². The van der Waals surface area contributed by atoms with Crippen molar-refractivity contribution in [3.8, 4) is 11.5 Å². The molecule has 1 unspecified atom stereocenters. The van der Waals surface area contributed by atoms with E-state index in [9.17, 15) is 5.11 Å². The molecule has 202 valence electrons. The predicted molar refractivity (Wildman–Crippen MR) is 146 cm³/mol. The molecule has 1 N–H and O–H groups in total. The van der Waals surface area contributed by atoms with Crippen LogP contribution in [0.3, 0.4) is 0 Å². The van der Waals surface area contributed by atoms with Crippen molar-refractivity contribution in [2.45, 2.75) is 95.4 Å². The molecule has 1 heterocycles. The first-order valence-corrected chi connectivity index (χ1v) is 15.1. The van der Waals surface area contributed by atoms with Gasteiger partial charge < -0.3 is 19.3 Å². The van der Waals surface area contributed by atoms with Crippen LogP contribution in [-0.2, 0) is 27.9 Å². The van der Waals surface area contributed by atoms with Crippen LogP contribution in [0.25, 0.3) is 0 Å². The Morgan fingerprint density at radius 1 is 1.05 bits per heavy atom. The van der Waals surface area contributed by atoms with Crippen molar-refractivity contribution >= 4 is 0 Å². The Morgan fingerprint density at radius 2 is 1.89 bits per heavy atom. The minimum absolute atomic E-state index is 0.0510. The number of phenols is 1. The number of aryl methyl sites for hydroxylation is 1. The molecule has 0 saturated heterocycles. The number of methoxy groups -OCH3 is 1. The van der Waals surface area contributed by atoms with E-state index >= 15 is 0 Å². The maximum Gasteiger partial charge on any atom is 0.165 e. The lowest BCUT2D eigenvalue weighted by Crippen LogP contribution is -2.79. The van der Waals surface area contributed by atoms with E-state index in [4.69, 9.17) is 14.2 Å². The van der Waals surface area contributed by atoms with Crippen LogP contribution in [-0.4, -0.2) is 30.5 Å². The van der Waals surface area contributed by atoms with Gasteiger partial charge in [-0.1, -0.05) is 50.1 Å². The van der Waals surface area contributed by atoms with Crippen LogP contribution in [0, 0.1) is 35.5 Å². The minimum Gasteiger partial charge on any atom is -0.504 e. The fraction of sp³-hybridized carbons (Fsp3) is 0.647. The van der Waals surface area contributed by atoms with Gasteiger partial charge in [0.05, 0.1) is 13.2 Å². The lowest BCUT2D eigenvalue weighted by atomic mass is 9.29. The molecule has 9 rings (SSSR count). The Balaban J connectivity index is 1.23. The SMILES string of the molecule is CO[C@]12CC[C@@]3(C[C@@H]1COCc1ccccc1C)[C@H]1Cc4ccc(O)c5c4[C@@]3(CCC1(C)CC1CC1)[C@H]2O5. The Kier molecular flexibility index (Phi) is 4.88. The zero-order valence-corrected chi connectivity index (χ0v) is 23.2. The Bertz CT molecular complexity index is 1300. The highest BCUT2D eigenvalue weighted by Crippen LogP contribution is 2.81. The summed E-state index contributed by atoms with van der Waals surface area (Å²) in [5.74, 6) is 2.94. The van der Waals surface area contributed by atoms with E-state index in [-0.39, 0.29) is 28.5 Å². The van der Waals surface area contributed by atoms with Crippen molar-refractivity contribution in [1.82, 2.24) is 0 Å². The molecule has 38 heavy (non-hydrogen) atoms. The first-order valence-electron chi connectivity index (χ1n) is 15.1. The van der Waals surface area contributed by atoms with Crippen molar-refractivity contribution in [3.63, 3.8) is 0 Å². The average molecular weight is 515 g/mol. The molecule has 0 aromatic heterocycles. The first-order chi connectivity index (χ1) is 18.4. The molecule has 2 spiro atoms. The maximum atomic E-state index is 11.1. The summed E-state index contributed by atoms with van der Waals surface area (Å²) in [6.45, 7) is 6.13. The molecule has 5 fully saturated rings. The zero-order chi connectivity index (χ0) is 25.9. The van der Waals surface area contributed by atoms with Crippen LogP contribution in [0.5, 0.6) is 11.5 Å². The van der Waals surface area contributed by atoms with E-state index in [2.05, 4.69) is 44.2 Å². The second-order valence-corrected chi connectivity index (χ2v) is 14.1. The number of rotatable bonds is 7. The summed E-state index contributed by atoms with van der Waals surface area (Å²) in [6, 6.07) is 12.6.